The van der Waals surface area contributed by atoms with E-state index in [1.807, 2.05) is 0 Å². The van der Waals surface area contributed by atoms with E-state index in [4.69, 9.17) is 0 Å². The highest BCUT2D eigenvalue weighted by atomic mass is 32.2. The highest BCUT2D eigenvalue weighted by Crippen LogP contribution is 2.18. The Hall–Kier alpha value is -1.14. The molecule has 1 aromatic rings. The summed E-state index contributed by atoms with van der Waals surface area (Å²) in [5, 5.41) is 6.41. The van der Waals surface area contributed by atoms with Gasteiger partial charge in [-0.25, -0.2) is 13.4 Å². The molecule has 1 unspecified atom stereocenters. The van der Waals surface area contributed by atoms with E-state index in [0.717, 1.165) is 26.1 Å². The minimum atomic E-state index is -3.22. The van der Waals surface area contributed by atoms with Crippen LogP contribution in [0.3, 0.4) is 0 Å². The Balaban J connectivity index is 2.09. The largest absolute Gasteiger partial charge is 0.369 e. The smallest absolute Gasteiger partial charge is 0.179 e. The maximum atomic E-state index is 11.6. The van der Waals surface area contributed by atoms with Crippen molar-refractivity contribution in [3.63, 3.8) is 0 Å². The molecule has 17 heavy (non-hydrogen) atoms. The third-order valence-corrected chi connectivity index (χ3v) is 4.02. The molecule has 1 saturated heterocycles. The lowest BCUT2D eigenvalue weighted by Gasteiger charge is -2.12. The molecule has 0 amide bonds. The van der Waals surface area contributed by atoms with Crippen LogP contribution in [0.5, 0.6) is 0 Å². The van der Waals surface area contributed by atoms with Crippen LogP contribution in [0.15, 0.2) is 23.2 Å². The quantitative estimate of drug-likeness (QED) is 0.820. The summed E-state index contributed by atoms with van der Waals surface area (Å²) in [5.74, 6) is 1.01. The average molecular weight is 255 g/mol. The number of hydrogen-bond donors (Lipinski definition) is 2. The standard InChI is InChI=1S/C11H17N3O2S/c1-17(15,16)10-3-2-5-13-11(10)14-8-9-4-6-12-7-9/h2-3,5,9,12H,4,6-8H2,1H3,(H,13,14). The van der Waals surface area contributed by atoms with Gasteiger partial charge < -0.3 is 10.6 Å². The summed E-state index contributed by atoms with van der Waals surface area (Å²) in [7, 11) is -3.22. The lowest BCUT2D eigenvalue weighted by atomic mass is 10.1. The van der Waals surface area contributed by atoms with E-state index >= 15 is 0 Å². The molecule has 0 bridgehead atoms. The zero-order chi connectivity index (χ0) is 12.3. The highest BCUT2D eigenvalue weighted by molar-refractivity contribution is 7.90. The summed E-state index contributed by atoms with van der Waals surface area (Å²) in [5.41, 5.74) is 0. The summed E-state index contributed by atoms with van der Waals surface area (Å²) >= 11 is 0. The molecule has 94 valence electrons. The molecule has 2 heterocycles. The second-order valence-corrected chi connectivity index (χ2v) is 6.35. The Kier molecular flexibility index (Phi) is 3.63. The summed E-state index contributed by atoms with van der Waals surface area (Å²) in [6.07, 6.45) is 3.92. The third-order valence-electron chi connectivity index (χ3n) is 2.89. The van der Waals surface area contributed by atoms with Crippen molar-refractivity contribution in [3.05, 3.63) is 18.3 Å². The summed E-state index contributed by atoms with van der Waals surface area (Å²) < 4.78 is 23.1. The maximum Gasteiger partial charge on any atom is 0.179 e. The molecular weight excluding hydrogens is 238 g/mol. The van der Waals surface area contributed by atoms with Crippen molar-refractivity contribution in [3.8, 4) is 0 Å². The Morgan fingerprint density at radius 3 is 3.06 bits per heavy atom. The highest BCUT2D eigenvalue weighted by Gasteiger charge is 2.17. The van der Waals surface area contributed by atoms with E-state index in [-0.39, 0.29) is 4.90 Å². The molecule has 0 aliphatic carbocycles. The first-order chi connectivity index (χ1) is 8.07. The van der Waals surface area contributed by atoms with Crippen LogP contribution in [0.1, 0.15) is 6.42 Å². The SMILES string of the molecule is CS(=O)(=O)c1cccnc1NCC1CCNC1. The average Bonchev–Trinajstić information content (AvgIpc) is 2.78. The van der Waals surface area contributed by atoms with Gasteiger partial charge in [-0.15, -0.1) is 0 Å². The first-order valence-corrected chi connectivity index (χ1v) is 7.56. The van der Waals surface area contributed by atoms with Crippen LogP contribution in [0, 0.1) is 5.92 Å². The fourth-order valence-electron chi connectivity index (χ4n) is 1.95. The number of hydrogen-bond acceptors (Lipinski definition) is 5. The normalized spacial score (nSPS) is 20.4. The molecule has 1 aromatic heterocycles. The van der Waals surface area contributed by atoms with Gasteiger partial charge in [-0.2, -0.15) is 0 Å². The first kappa shape index (κ1) is 12.3. The van der Waals surface area contributed by atoms with Crippen molar-refractivity contribution in [2.45, 2.75) is 11.3 Å². The Bertz CT molecular complexity index is 481. The maximum absolute atomic E-state index is 11.6. The molecule has 1 fully saturated rings. The molecule has 0 radical (unpaired) electrons. The minimum Gasteiger partial charge on any atom is -0.369 e. The van der Waals surface area contributed by atoms with Crippen molar-refractivity contribution < 1.29 is 8.42 Å². The lowest BCUT2D eigenvalue weighted by molar-refractivity contribution is 0.599. The van der Waals surface area contributed by atoms with Gasteiger partial charge in [0, 0.05) is 19.0 Å². The van der Waals surface area contributed by atoms with E-state index in [1.165, 1.54) is 6.26 Å². The zero-order valence-corrected chi connectivity index (χ0v) is 10.6. The van der Waals surface area contributed by atoms with Crippen molar-refractivity contribution in [1.29, 1.82) is 0 Å². The summed E-state index contributed by atoms with van der Waals surface area (Å²) in [6.45, 7) is 2.77. The number of nitrogens with zero attached hydrogens (tertiary/aromatic N) is 1. The van der Waals surface area contributed by atoms with Crippen LogP contribution >= 0.6 is 0 Å². The lowest BCUT2D eigenvalue weighted by Crippen LogP contribution is -2.18. The van der Waals surface area contributed by atoms with Crippen molar-refractivity contribution in [2.24, 2.45) is 5.92 Å². The summed E-state index contributed by atoms with van der Waals surface area (Å²) in [4.78, 5) is 4.36. The monoisotopic (exact) mass is 255 g/mol. The molecule has 5 nitrogen and oxygen atoms in total. The number of anilines is 1. The van der Waals surface area contributed by atoms with Crippen LogP contribution in [0.25, 0.3) is 0 Å². The second kappa shape index (κ2) is 5.01. The molecular formula is C11H17N3O2S. The molecule has 0 aromatic carbocycles. The van der Waals surface area contributed by atoms with Gasteiger partial charge in [-0.1, -0.05) is 0 Å². The van der Waals surface area contributed by atoms with Crippen molar-refractivity contribution in [1.82, 2.24) is 10.3 Å². The molecule has 0 spiro atoms. The van der Waals surface area contributed by atoms with Gasteiger partial charge >= 0.3 is 0 Å². The van der Waals surface area contributed by atoms with E-state index in [9.17, 15) is 8.42 Å². The van der Waals surface area contributed by atoms with Crippen molar-refractivity contribution in [2.75, 3.05) is 31.2 Å². The molecule has 1 aliphatic heterocycles. The second-order valence-electron chi connectivity index (χ2n) is 4.36. The topological polar surface area (TPSA) is 71.1 Å². The molecule has 0 saturated carbocycles. The van der Waals surface area contributed by atoms with E-state index in [0.29, 0.717) is 11.7 Å². The van der Waals surface area contributed by atoms with Crippen LogP contribution in [-0.2, 0) is 9.84 Å². The molecule has 2 rings (SSSR count). The Morgan fingerprint density at radius 1 is 1.59 bits per heavy atom. The first-order valence-electron chi connectivity index (χ1n) is 5.67. The van der Waals surface area contributed by atoms with Crippen LogP contribution in [0.4, 0.5) is 5.82 Å². The van der Waals surface area contributed by atoms with Gasteiger partial charge in [0.2, 0.25) is 0 Å². The van der Waals surface area contributed by atoms with Gasteiger partial charge in [0.15, 0.2) is 9.84 Å². The fourth-order valence-corrected chi connectivity index (χ4v) is 2.75. The van der Waals surface area contributed by atoms with Crippen LogP contribution < -0.4 is 10.6 Å². The zero-order valence-electron chi connectivity index (χ0n) is 9.81. The third kappa shape index (κ3) is 3.17. The number of rotatable bonds is 4. The number of nitrogens with one attached hydrogen (secondary N) is 2. The van der Waals surface area contributed by atoms with E-state index in [2.05, 4.69) is 15.6 Å². The Labute approximate surface area is 102 Å². The number of pyridine rings is 1. The number of sulfone groups is 1. The van der Waals surface area contributed by atoms with E-state index < -0.39 is 9.84 Å². The predicted molar refractivity (Wildman–Crippen MR) is 66.8 cm³/mol. The van der Waals surface area contributed by atoms with Gasteiger partial charge in [-0.3, -0.25) is 0 Å². The summed E-state index contributed by atoms with van der Waals surface area (Å²) in [6, 6.07) is 3.22. The molecule has 6 heteroatoms. The molecule has 1 atom stereocenters. The Morgan fingerprint density at radius 2 is 2.41 bits per heavy atom. The minimum absolute atomic E-state index is 0.269. The van der Waals surface area contributed by atoms with Gasteiger partial charge in [0.25, 0.3) is 0 Å². The van der Waals surface area contributed by atoms with E-state index in [1.54, 1.807) is 18.3 Å². The molecule has 2 N–H and O–H groups in total. The van der Waals surface area contributed by atoms with Crippen molar-refractivity contribution >= 4 is 15.7 Å². The molecule has 1 aliphatic rings. The van der Waals surface area contributed by atoms with Gasteiger partial charge in [0.05, 0.1) is 0 Å². The van der Waals surface area contributed by atoms with Gasteiger partial charge in [-0.05, 0) is 37.6 Å². The van der Waals surface area contributed by atoms with Crippen LogP contribution in [-0.4, -0.2) is 39.3 Å². The van der Waals surface area contributed by atoms with Crippen LogP contribution in [0.2, 0.25) is 0 Å². The predicted octanol–water partition coefficient (Wildman–Crippen LogP) is 0.506. The fraction of sp³-hybridized carbons (Fsp3) is 0.545. The number of aromatic nitrogens is 1. The van der Waals surface area contributed by atoms with Gasteiger partial charge in [0.1, 0.15) is 10.7 Å².